The summed E-state index contributed by atoms with van der Waals surface area (Å²) in [6.45, 7) is 3.94. The molecule has 1 heterocycles. The van der Waals surface area contributed by atoms with Gasteiger partial charge in [-0.3, -0.25) is 4.72 Å². The molecule has 0 fully saturated rings. The van der Waals surface area contributed by atoms with Crippen LogP contribution in [0.15, 0.2) is 57.9 Å². The highest BCUT2D eigenvalue weighted by Gasteiger charge is 2.24. The Hall–Kier alpha value is -2.51. The highest BCUT2D eigenvalue weighted by molar-refractivity contribution is 7.92. The van der Waals surface area contributed by atoms with E-state index in [1.54, 1.807) is 31.2 Å². The Morgan fingerprint density at radius 1 is 1.12 bits per heavy atom. The maximum atomic E-state index is 12.9. The second kappa shape index (κ2) is 7.39. The first-order valence-electron chi connectivity index (χ1n) is 7.90. The Kier molecular flexibility index (Phi) is 5.20. The van der Waals surface area contributed by atoms with Crippen LogP contribution in [-0.2, 0) is 10.0 Å². The van der Waals surface area contributed by atoms with E-state index in [1.807, 2.05) is 25.1 Å². The molecule has 3 aromatic rings. The third kappa shape index (κ3) is 3.54. The van der Waals surface area contributed by atoms with Gasteiger partial charge < -0.3 is 9.26 Å². The van der Waals surface area contributed by atoms with Crippen LogP contribution < -0.4 is 9.46 Å². The first-order chi connectivity index (χ1) is 12.4. The van der Waals surface area contributed by atoms with Crippen molar-refractivity contribution >= 4 is 27.4 Å². The van der Waals surface area contributed by atoms with Crippen LogP contribution >= 0.6 is 11.6 Å². The lowest BCUT2D eigenvalue weighted by molar-refractivity contribution is 0.341. The summed E-state index contributed by atoms with van der Waals surface area (Å²) < 4.78 is 38.8. The van der Waals surface area contributed by atoms with Gasteiger partial charge in [-0.05, 0) is 26.0 Å². The minimum atomic E-state index is -3.95. The molecule has 0 unspecified atom stereocenters. The zero-order chi connectivity index (χ0) is 18.7. The molecule has 0 aliphatic heterocycles. The summed E-state index contributed by atoms with van der Waals surface area (Å²) in [6.07, 6.45) is 0. The number of hydrogen-bond donors (Lipinski definition) is 1. The van der Waals surface area contributed by atoms with Crippen LogP contribution in [0.3, 0.4) is 0 Å². The van der Waals surface area contributed by atoms with Crippen molar-refractivity contribution in [1.82, 2.24) is 5.16 Å². The van der Waals surface area contributed by atoms with Crippen LogP contribution in [0.25, 0.3) is 11.1 Å². The van der Waals surface area contributed by atoms with Gasteiger partial charge in [0.05, 0.1) is 11.5 Å². The van der Waals surface area contributed by atoms with Gasteiger partial charge in [0.15, 0.2) is 5.76 Å². The van der Waals surface area contributed by atoms with Gasteiger partial charge >= 0.3 is 0 Å². The van der Waals surface area contributed by atoms with Gasteiger partial charge in [-0.2, -0.15) is 0 Å². The zero-order valence-electron chi connectivity index (χ0n) is 14.2. The minimum Gasteiger partial charge on any atom is -0.493 e. The molecule has 6 nitrogen and oxygen atoms in total. The summed E-state index contributed by atoms with van der Waals surface area (Å²) in [5.74, 6) is 0.893. The predicted molar refractivity (Wildman–Crippen MR) is 100 cm³/mol. The van der Waals surface area contributed by atoms with Crippen molar-refractivity contribution < 1.29 is 17.7 Å². The first kappa shape index (κ1) is 18.3. The molecule has 8 heteroatoms. The molecule has 2 aromatic carbocycles. The van der Waals surface area contributed by atoms with Crippen molar-refractivity contribution in [3.63, 3.8) is 0 Å². The number of sulfonamides is 1. The Morgan fingerprint density at radius 2 is 1.77 bits per heavy atom. The summed E-state index contributed by atoms with van der Waals surface area (Å²) in [5, 5.41) is 3.78. The molecule has 26 heavy (non-hydrogen) atoms. The summed E-state index contributed by atoms with van der Waals surface area (Å²) >= 11 is 6.02. The molecule has 0 saturated heterocycles. The molecule has 0 saturated carbocycles. The lowest BCUT2D eigenvalue weighted by atomic mass is 10.0. The number of anilines is 1. The van der Waals surface area contributed by atoms with Gasteiger partial charge in [-0.25, -0.2) is 8.42 Å². The zero-order valence-corrected chi connectivity index (χ0v) is 15.8. The van der Waals surface area contributed by atoms with Crippen LogP contribution in [0.4, 0.5) is 5.82 Å². The molecule has 0 spiro atoms. The third-order valence-corrected chi connectivity index (χ3v) is 5.52. The third-order valence-electron chi connectivity index (χ3n) is 3.68. The number of rotatable bonds is 6. The number of benzene rings is 2. The molecule has 0 atom stereocenters. The fourth-order valence-corrected chi connectivity index (χ4v) is 3.90. The van der Waals surface area contributed by atoms with Gasteiger partial charge in [0.1, 0.15) is 10.8 Å². The van der Waals surface area contributed by atoms with Gasteiger partial charge in [-0.1, -0.05) is 53.2 Å². The number of ether oxygens (including phenoxy) is 1. The highest BCUT2D eigenvalue weighted by Crippen LogP contribution is 2.35. The van der Waals surface area contributed by atoms with E-state index in [-0.39, 0.29) is 15.7 Å². The molecule has 1 aromatic heterocycles. The van der Waals surface area contributed by atoms with E-state index in [4.69, 9.17) is 20.9 Å². The standard InChI is InChI=1S/C18H17ClN2O4S/c1-3-24-15-10-6-4-8-13(15)14-9-5-7-11-16(14)26(22,23)21-18-17(19)12(2)25-20-18/h4-11H,3H2,1-2H3,(H,20,21). The first-order valence-corrected chi connectivity index (χ1v) is 9.76. The number of nitrogens with zero attached hydrogens (tertiary/aromatic N) is 1. The maximum absolute atomic E-state index is 12.9. The summed E-state index contributed by atoms with van der Waals surface area (Å²) in [5.41, 5.74) is 1.19. The quantitative estimate of drug-likeness (QED) is 0.667. The van der Waals surface area contributed by atoms with Crippen LogP contribution in [-0.4, -0.2) is 20.2 Å². The fourth-order valence-electron chi connectivity index (χ4n) is 2.50. The Morgan fingerprint density at radius 3 is 2.42 bits per heavy atom. The Bertz CT molecular complexity index is 1030. The van der Waals surface area contributed by atoms with Crippen molar-refractivity contribution in [2.75, 3.05) is 11.3 Å². The van der Waals surface area contributed by atoms with Crippen molar-refractivity contribution in [1.29, 1.82) is 0 Å². The molecule has 0 amide bonds. The number of aromatic nitrogens is 1. The molecule has 0 bridgehead atoms. The highest BCUT2D eigenvalue weighted by atomic mass is 35.5. The second-order valence-electron chi connectivity index (χ2n) is 5.43. The molecule has 0 radical (unpaired) electrons. The van der Waals surface area contributed by atoms with Crippen molar-refractivity contribution in [2.45, 2.75) is 18.7 Å². The number of para-hydroxylation sites is 1. The van der Waals surface area contributed by atoms with E-state index in [1.165, 1.54) is 6.07 Å². The van der Waals surface area contributed by atoms with E-state index >= 15 is 0 Å². The van der Waals surface area contributed by atoms with E-state index in [0.717, 1.165) is 0 Å². The number of hydrogen-bond acceptors (Lipinski definition) is 5. The number of halogens is 1. The van der Waals surface area contributed by atoms with Gasteiger partial charge in [-0.15, -0.1) is 0 Å². The largest absolute Gasteiger partial charge is 0.493 e. The van der Waals surface area contributed by atoms with Gasteiger partial charge in [0.25, 0.3) is 10.0 Å². The van der Waals surface area contributed by atoms with Gasteiger partial charge in [0, 0.05) is 11.1 Å². The maximum Gasteiger partial charge on any atom is 0.263 e. The van der Waals surface area contributed by atoms with Crippen molar-refractivity contribution in [2.24, 2.45) is 0 Å². The van der Waals surface area contributed by atoms with Crippen LogP contribution in [0.5, 0.6) is 5.75 Å². The summed E-state index contributed by atoms with van der Waals surface area (Å²) in [6, 6.07) is 13.9. The van der Waals surface area contributed by atoms with Gasteiger partial charge in [0.2, 0.25) is 5.82 Å². The van der Waals surface area contributed by atoms with E-state index < -0.39 is 10.0 Å². The smallest absolute Gasteiger partial charge is 0.263 e. The fraction of sp³-hybridized carbons (Fsp3) is 0.167. The lowest BCUT2D eigenvalue weighted by Gasteiger charge is -2.14. The molecule has 3 rings (SSSR count). The molecular formula is C18H17ClN2O4S. The normalized spacial score (nSPS) is 11.3. The summed E-state index contributed by atoms with van der Waals surface area (Å²) in [7, 11) is -3.95. The van der Waals surface area contributed by atoms with Crippen LogP contribution in [0.2, 0.25) is 5.02 Å². The van der Waals surface area contributed by atoms with Crippen molar-refractivity contribution in [3.05, 3.63) is 59.3 Å². The molecule has 1 N–H and O–H groups in total. The predicted octanol–water partition coefficient (Wildman–Crippen LogP) is 4.50. The van der Waals surface area contributed by atoms with E-state index in [9.17, 15) is 8.42 Å². The number of aryl methyl sites for hydroxylation is 1. The number of nitrogens with one attached hydrogen (secondary N) is 1. The average molecular weight is 393 g/mol. The van der Waals surface area contributed by atoms with Crippen LogP contribution in [0, 0.1) is 6.92 Å². The molecule has 0 aliphatic rings. The lowest BCUT2D eigenvalue weighted by Crippen LogP contribution is -2.14. The average Bonchev–Trinajstić information content (AvgIpc) is 2.94. The Balaban J connectivity index is 2.09. The second-order valence-corrected chi connectivity index (χ2v) is 7.46. The van der Waals surface area contributed by atoms with Crippen molar-refractivity contribution in [3.8, 4) is 16.9 Å². The molecule has 0 aliphatic carbocycles. The monoisotopic (exact) mass is 392 g/mol. The Labute approximate surface area is 156 Å². The van der Waals surface area contributed by atoms with Crippen LogP contribution in [0.1, 0.15) is 12.7 Å². The molecule has 136 valence electrons. The van der Waals surface area contributed by atoms with E-state index in [0.29, 0.717) is 29.2 Å². The molecular weight excluding hydrogens is 376 g/mol. The SMILES string of the molecule is CCOc1ccccc1-c1ccccc1S(=O)(=O)Nc1noc(C)c1Cl. The topological polar surface area (TPSA) is 81.4 Å². The minimum absolute atomic E-state index is 0.0444. The summed E-state index contributed by atoms with van der Waals surface area (Å²) in [4.78, 5) is 0.0869. The van der Waals surface area contributed by atoms with E-state index in [2.05, 4.69) is 9.88 Å².